The monoisotopic (exact) mass is 202 g/mol. The zero-order valence-corrected chi connectivity index (χ0v) is 4.74. The van der Waals surface area contributed by atoms with Crippen molar-refractivity contribution >= 4 is 109 Å². The van der Waals surface area contributed by atoms with Gasteiger partial charge < -0.3 is 5.73 Å². The zero-order chi connectivity index (χ0) is 6.69. The Kier molecular flexibility index (Phi) is 11.9. The molecule has 1 heterocycles. The second-order valence-electron chi connectivity index (χ2n) is 1.61. The number of hydrogen-bond donors (Lipinski definition) is 1. The van der Waals surface area contributed by atoms with E-state index in [0.29, 0.717) is 5.56 Å². The average Bonchev–Trinajstić information content (AvgIpc) is 1.90. The van der Waals surface area contributed by atoms with Gasteiger partial charge in [0.05, 0.1) is 5.56 Å². The molecule has 11 heavy (non-hydrogen) atoms. The van der Waals surface area contributed by atoms with E-state index >= 15 is 0 Å². The van der Waals surface area contributed by atoms with Crippen LogP contribution in [0.5, 0.6) is 0 Å². The predicted octanol–water partition coefficient (Wildman–Crippen LogP) is -1.12. The molecule has 3 nitrogen and oxygen atoms in total. The molecule has 0 aliphatic rings. The summed E-state index contributed by atoms with van der Waals surface area (Å²) in [7, 11) is 0. The van der Waals surface area contributed by atoms with Crippen LogP contribution in [0.15, 0.2) is 24.5 Å². The van der Waals surface area contributed by atoms with Gasteiger partial charge in [-0.1, -0.05) is 0 Å². The van der Waals surface area contributed by atoms with Crippen molar-refractivity contribution in [1.82, 2.24) is 4.98 Å². The van der Waals surface area contributed by atoms with Crippen molar-refractivity contribution < 1.29 is 4.79 Å². The van der Waals surface area contributed by atoms with Gasteiger partial charge >= 0.3 is 103 Å². The summed E-state index contributed by atoms with van der Waals surface area (Å²) in [6.07, 6.45) is 3.02. The molecular weight excluding hydrogens is 194 g/mol. The van der Waals surface area contributed by atoms with Crippen LogP contribution in [0.2, 0.25) is 0 Å². The van der Waals surface area contributed by atoms with E-state index < -0.39 is 5.91 Å². The fourth-order valence-corrected chi connectivity index (χ4v) is 0.509. The predicted molar refractivity (Wildman–Crippen MR) is 47.1 cm³/mol. The minimum atomic E-state index is -0.442. The summed E-state index contributed by atoms with van der Waals surface area (Å²) in [5.74, 6) is -0.442. The SMILES string of the molecule is NC(=O)c1cccnc1.[KH].[KH]. The van der Waals surface area contributed by atoms with Crippen LogP contribution in [0.4, 0.5) is 0 Å². The van der Waals surface area contributed by atoms with Crippen LogP contribution in [-0.4, -0.2) is 114 Å². The number of aromatic nitrogens is 1. The van der Waals surface area contributed by atoms with E-state index in [1.54, 1.807) is 18.3 Å². The number of nitrogens with two attached hydrogens (primary N) is 1. The molecule has 2 N–H and O–H groups in total. The third-order valence-electron chi connectivity index (χ3n) is 0.946. The molecule has 0 atom stereocenters. The molecule has 1 aromatic heterocycles. The van der Waals surface area contributed by atoms with Crippen molar-refractivity contribution in [2.24, 2.45) is 5.73 Å². The Morgan fingerprint density at radius 1 is 1.45 bits per heavy atom. The van der Waals surface area contributed by atoms with Crippen LogP contribution < -0.4 is 5.73 Å². The number of hydrogen-bond acceptors (Lipinski definition) is 2. The first kappa shape index (κ1) is 15.4. The van der Waals surface area contributed by atoms with E-state index in [0.717, 1.165) is 0 Å². The van der Waals surface area contributed by atoms with Crippen LogP contribution in [0, 0.1) is 0 Å². The maximum absolute atomic E-state index is 10.4. The number of pyridine rings is 1. The van der Waals surface area contributed by atoms with Crippen LogP contribution in [-0.2, 0) is 0 Å². The summed E-state index contributed by atoms with van der Waals surface area (Å²) in [4.78, 5) is 14.1. The molecule has 0 aliphatic heterocycles. The number of carbonyl (C=O) groups is 1. The van der Waals surface area contributed by atoms with Gasteiger partial charge in [0.1, 0.15) is 0 Å². The van der Waals surface area contributed by atoms with Gasteiger partial charge in [-0.3, -0.25) is 9.78 Å². The van der Waals surface area contributed by atoms with Gasteiger partial charge in [-0.15, -0.1) is 0 Å². The molecule has 1 amide bonds. The molecule has 0 spiro atoms. The molecule has 0 aliphatic carbocycles. The summed E-state index contributed by atoms with van der Waals surface area (Å²) in [5, 5.41) is 0. The Hall–Kier alpha value is 1.89. The Morgan fingerprint density at radius 2 is 2.09 bits per heavy atom. The fourth-order valence-electron chi connectivity index (χ4n) is 0.509. The van der Waals surface area contributed by atoms with Crippen LogP contribution in [0.1, 0.15) is 10.4 Å². The summed E-state index contributed by atoms with van der Waals surface area (Å²) in [6, 6.07) is 3.29. The van der Waals surface area contributed by atoms with Crippen LogP contribution in [0.3, 0.4) is 0 Å². The summed E-state index contributed by atoms with van der Waals surface area (Å²) >= 11 is 0. The first-order chi connectivity index (χ1) is 4.30. The summed E-state index contributed by atoms with van der Waals surface area (Å²) < 4.78 is 0. The van der Waals surface area contributed by atoms with Gasteiger partial charge in [-0.05, 0) is 12.1 Å². The Balaban J connectivity index is 0. The van der Waals surface area contributed by atoms with Gasteiger partial charge in [-0.2, -0.15) is 0 Å². The molecule has 0 aromatic carbocycles. The summed E-state index contributed by atoms with van der Waals surface area (Å²) in [6.45, 7) is 0. The molecule has 50 valence electrons. The molecule has 1 rings (SSSR count). The van der Waals surface area contributed by atoms with Gasteiger partial charge in [0, 0.05) is 12.4 Å². The quantitative estimate of drug-likeness (QED) is 0.587. The fraction of sp³-hybridized carbons (Fsp3) is 0. The number of nitrogens with zero attached hydrogens (tertiary/aromatic N) is 1. The molecule has 0 fully saturated rings. The van der Waals surface area contributed by atoms with Gasteiger partial charge in [0.15, 0.2) is 0 Å². The first-order valence-electron chi connectivity index (χ1n) is 2.50. The first-order valence-corrected chi connectivity index (χ1v) is 2.50. The molecule has 0 bridgehead atoms. The van der Waals surface area contributed by atoms with E-state index in [1.807, 2.05) is 0 Å². The number of amides is 1. The van der Waals surface area contributed by atoms with E-state index in [2.05, 4.69) is 4.98 Å². The third-order valence-corrected chi connectivity index (χ3v) is 0.946. The van der Waals surface area contributed by atoms with Crippen LogP contribution >= 0.6 is 0 Å². The molecule has 1 aromatic rings. The second kappa shape index (κ2) is 8.49. The topological polar surface area (TPSA) is 56.0 Å². The number of rotatable bonds is 1. The van der Waals surface area contributed by atoms with Crippen molar-refractivity contribution in [2.45, 2.75) is 0 Å². The Labute approximate surface area is 150 Å². The van der Waals surface area contributed by atoms with Gasteiger partial charge in [0.2, 0.25) is 5.91 Å². The van der Waals surface area contributed by atoms with E-state index in [1.165, 1.54) is 6.20 Å². The maximum atomic E-state index is 10.4. The van der Waals surface area contributed by atoms with Crippen LogP contribution in [0.25, 0.3) is 0 Å². The van der Waals surface area contributed by atoms with Gasteiger partial charge in [0.25, 0.3) is 0 Å². The van der Waals surface area contributed by atoms with Crippen molar-refractivity contribution in [3.05, 3.63) is 30.1 Å². The summed E-state index contributed by atoms with van der Waals surface area (Å²) in [5.41, 5.74) is 5.38. The van der Waals surface area contributed by atoms with E-state index in [-0.39, 0.29) is 103 Å². The van der Waals surface area contributed by atoms with Crippen molar-refractivity contribution in [3.8, 4) is 0 Å². The van der Waals surface area contributed by atoms with Crippen molar-refractivity contribution in [3.63, 3.8) is 0 Å². The standard InChI is InChI=1S/C6H6N2O.2K.2H/c7-6(9)5-2-1-3-8-4-5;;;;/h1-4H,(H2,7,9);;;;. The number of primary amides is 1. The van der Waals surface area contributed by atoms with E-state index in [4.69, 9.17) is 5.73 Å². The van der Waals surface area contributed by atoms with Gasteiger partial charge in [-0.25, -0.2) is 0 Å². The van der Waals surface area contributed by atoms with Crippen molar-refractivity contribution in [1.29, 1.82) is 0 Å². The average molecular weight is 202 g/mol. The molecule has 0 radical (unpaired) electrons. The Bertz CT molecular complexity index is 215. The molecule has 0 unspecified atom stereocenters. The molecular formula is C6H8K2N2O. The second-order valence-corrected chi connectivity index (χ2v) is 1.61. The van der Waals surface area contributed by atoms with E-state index in [9.17, 15) is 4.79 Å². The Morgan fingerprint density at radius 3 is 2.36 bits per heavy atom. The number of carbonyl (C=O) groups excluding carboxylic acids is 1. The van der Waals surface area contributed by atoms with Crippen molar-refractivity contribution in [2.75, 3.05) is 0 Å². The molecule has 0 saturated carbocycles. The third kappa shape index (κ3) is 6.03. The molecule has 5 heteroatoms. The zero-order valence-electron chi connectivity index (χ0n) is 4.74. The minimum absolute atomic E-state index is 0. The normalized spacial score (nSPS) is 7.27. The molecule has 0 saturated heterocycles.